The Morgan fingerprint density at radius 3 is 2.79 bits per heavy atom. The number of carbonyl (C=O) groups excluding carboxylic acids is 1. The molecule has 2 aromatic rings. The molecule has 3 rings (SSSR count). The highest BCUT2D eigenvalue weighted by atomic mass is 32.2. The summed E-state index contributed by atoms with van der Waals surface area (Å²) in [4.78, 5) is 14.5. The summed E-state index contributed by atoms with van der Waals surface area (Å²) in [5.74, 6) is 2.34. The van der Waals surface area contributed by atoms with Gasteiger partial charge in [0.05, 0.1) is 11.5 Å². The van der Waals surface area contributed by atoms with Gasteiger partial charge in [0.1, 0.15) is 5.76 Å². The minimum absolute atomic E-state index is 0.309. The predicted octanol–water partition coefficient (Wildman–Crippen LogP) is 4.70. The maximum atomic E-state index is 12.4. The van der Waals surface area contributed by atoms with E-state index in [0.717, 1.165) is 50.3 Å². The first-order chi connectivity index (χ1) is 11.8. The molecule has 1 aliphatic heterocycles. The van der Waals surface area contributed by atoms with Gasteiger partial charge < -0.3 is 9.32 Å². The molecule has 1 aromatic carbocycles. The minimum Gasteiger partial charge on any atom is -0.468 e. The molecule has 3 nitrogen and oxygen atoms in total. The van der Waals surface area contributed by atoms with E-state index in [1.165, 1.54) is 5.56 Å². The molecule has 1 saturated heterocycles. The minimum atomic E-state index is 0.309. The van der Waals surface area contributed by atoms with Crippen LogP contribution in [0.5, 0.6) is 0 Å². The Bertz CT molecular complexity index is 612. The van der Waals surface area contributed by atoms with E-state index in [4.69, 9.17) is 4.42 Å². The average Bonchev–Trinajstić information content (AvgIpc) is 3.04. The van der Waals surface area contributed by atoms with Crippen LogP contribution < -0.4 is 0 Å². The van der Waals surface area contributed by atoms with Crippen LogP contribution in [-0.2, 0) is 11.2 Å². The molecule has 2 heterocycles. The molecule has 0 spiro atoms. The number of rotatable bonds is 6. The van der Waals surface area contributed by atoms with Crippen LogP contribution in [0.3, 0.4) is 0 Å². The summed E-state index contributed by atoms with van der Waals surface area (Å²) in [6, 6.07) is 14.5. The Kier molecular flexibility index (Phi) is 6.41. The van der Waals surface area contributed by atoms with Crippen LogP contribution in [0.1, 0.15) is 42.3 Å². The lowest BCUT2D eigenvalue weighted by molar-refractivity contribution is -0.131. The standard InChI is InChI=1S/C20H25NO2S/c22-20(11-5-4-9-17-7-2-1-3-8-17)21-13-12-19(24-16-14-21)18-10-6-15-23-18/h1-3,6-8,10,15,19H,4-5,9,11-14,16H2. The zero-order valence-corrected chi connectivity index (χ0v) is 14.8. The summed E-state index contributed by atoms with van der Waals surface area (Å²) in [5.41, 5.74) is 1.36. The lowest BCUT2D eigenvalue weighted by atomic mass is 10.1. The third-order valence-electron chi connectivity index (χ3n) is 4.50. The first kappa shape index (κ1) is 17.2. The Labute approximate surface area is 148 Å². The topological polar surface area (TPSA) is 33.5 Å². The summed E-state index contributed by atoms with van der Waals surface area (Å²) in [6.07, 6.45) is 6.49. The smallest absolute Gasteiger partial charge is 0.222 e. The first-order valence-corrected chi connectivity index (χ1v) is 9.84. The number of hydrogen-bond donors (Lipinski definition) is 0. The van der Waals surface area contributed by atoms with Crippen molar-refractivity contribution in [3.63, 3.8) is 0 Å². The van der Waals surface area contributed by atoms with Crippen molar-refractivity contribution in [2.24, 2.45) is 0 Å². The summed E-state index contributed by atoms with van der Waals surface area (Å²) in [6.45, 7) is 1.70. The Morgan fingerprint density at radius 1 is 1.12 bits per heavy atom. The maximum Gasteiger partial charge on any atom is 0.222 e. The van der Waals surface area contributed by atoms with Gasteiger partial charge >= 0.3 is 0 Å². The van der Waals surface area contributed by atoms with Crippen LogP contribution in [0.25, 0.3) is 0 Å². The lowest BCUT2D eigenvalue weighted by Gasteiger charge is -2.20. The van der Waals surface area contributed by atoms with Gasteiger partial charge in [0.25, 0.3) is 0 Å². The molecule has 128 valence electrons. The summed E-state index contributed by atoms with van der Waals surface area (Å²) in [7, 11) is 0. The first-order valence-electron chi connectivity index (χ1n) is 8.79. The molecule has 1 aromatic heterocycles. The fourth-order valence-electron chi connectivity index (χ4n) is 3.13. The van der Waals surface area contributed by atoms with Gasteiger partial charge in [0.2, 0.25) is 5.91 Å². The van der Waals surface area contributed by atoms with E-state index in [1.54, 1.807) is 6.26 Å². The van der Waals surface area contributed by atoms with Crippen molar-refractivity contribution in [1.82, 2.24) is 4.90 Å². The molecule has 1 unspecified atom stereocenters. The van der Waals surface area contributed by atoms with E-state index in [9.17, 15) is 4.79 Å². The largest absolute Gasteiger partial charge is 0.468 e. The van der Waals surface area contributed by atoms with Gasteiger partial charge in [-0.05, 0) is 43.4 Å². The molecule has 1 fully saturated rings. The fraction of sp³-hybridized carbons (Fsp3) is 0.450. The number of carbonyl (C=O) groups is 1. The van der Waals surface area contributed by atoms with Crippen LogP contribution in [0.15, 0.2) is 53.1 Å². The molecule has 0 bridgehead atoms. The van der Waals surface area contributed by atoms with Gasteiger partial charge in [-0.2, -0.15) is 0 Å². The van der Waals surface area contributed by atoms with Gasteiger partial charge in [0, 0.05) is 25.3 Å². The normalized spacial score (nSPS) is 18.3. The molecule has 24 heavy (non-hydrogen) atoms. The van der Waals surface area contributed by atoms with Crippen molar-refractivity contribution in [3.8, 4) is 0 Å². The van der Waals surface area contributed by atoms with Crippen molar-refractivity contribution < 1.29 is 9.21 Å². The highest BCUT2D eigenvalue weighted by Crippen LogP contribution is 2.34. The monoisotopic (exact) mass is 343 g/mol. The summed E-state index contributed by atoms with van der Waals surface area (Å²) >= 11 is 1.90. The highest BCUT2D eigenvalue weighted by Gasteiger charge is 2.23. The number of hydrogen-bond acceptors (Lipinski definition) is 3. The zero-order valence-electron chi connectivity index (χ0n) is 14.0. The fourth-order valence-corrected chi connectivity index (χ4v) is 4.31. The average molecular weight is 343 g/mol. The van der Waals surface area contributed by atoms with Crippen LogP contribution in [-0.4, -0.2) is 29.6 Å². The van der Waals surface area contributed by atoms with Crippen molar-refractivity contribution in [2.45, 2.75) is 37.4 Å². The van der Waals surface area contributed by atoms with E-state index in [2.05, 4.69) is 24.3 Å². The van der Waals surface area contributed by atoms with Crippen LogP contribution in [0.4, 0.5) is 0 Å². The number of benzene rings is 1. The third-order valence-corrected chi connectivity index (χ3v) is 5.79. The van der Waals surface area contributed by atoms with E-state index in [1.807, 2.05) is 34.9 Å². The molecular weight excluding hydrogens is 318 g/mol. The summed E-state index contributed by atoms with van der Waals surface area (Å²) < 4.78 is 5.52. The molecule has 0 aliphatic carbocycles. The van der Waals surface area contributed by atoms with Crippen molar-refractivity contribution in [1.29, 1.82) is 0 Å². The molecule has 1 aliphatic rings. The molecule has 4 heteroatoms. The lowest BCUT2D eigenvalue weighted by Crippen LogP contribution is -2.32. The van der Waals surface area contributed by atoms with Gasteiger partial charge in [-0.25, -0.2) is 0 Å². The van der Waals surface area contributed by atoms with Crippen LogP contribution in [0.2, 0.25) is 0 Å². The van der Waals surface area contributed by atoms with Crippen LogP contribution >= 0.6 is 11.8 Å². The van der Waals surface area contributed by atoms with E-state index in [0.29, 0.717) is 17.6 Å². The van der Waals surface area contributed by atoms with E-state index < -0.39 is 0 Å². The van der Waals surface area contributed by atoms with Gasteiger partial charge in [-0.15, -0.1) is 11.8 Å². The number of furan rings is 1. The Morgan fingerprint density at radius 2 is 2.00 bits per heavy atom. The molecule has 0 saturated carbocycles. The molecule has 1 amide bonds. The quantitative estimate of drug-likeness (QED) is 0.713. The maximum absolute atomic E-state index is 12.4. The SMILES string of the molecule is O=C(CCCCc1ccccc1)N1CCSC(c2ccco2)CC1. The van der Waals surface area contributed by atoms with Gasteiger partial charge in [-0.3, -0.25) is 4.79 Å². The predicted molar refractivity (Wildman–Crippen MR) is 99.1 cm³/mol. The molecule has 0 radical (unpaired) electrons. The summed E-state index contributed by atoms with van der Waals surface area (Å²) in [5, 5.41) is 0.385. The Balaban J connectivity index is 1.39. The second kappa shape index (κ2) is 8.97. The molecule has 1 atom stereocenters. The number of amides is 1. The Hall–Kier alpha value is -1.68. The number of thioether (sulfide) groups is 1. The van der Waals surface area contributed by atoms with Crippen molar-refractivity contribution in [2.75, 3.05) is 18.8 Å². The van der Waals surface area contributed by atoms with Gasteiger partial charge in [-0.1, -0.05) is 30.3 Å². The van der Waals surface area contributed by atoms with Gasteiger partial charge in [0.15, 0.2) is 0 Å². The van der Waals surface area contributed by atoms with E-state index >= 15 is 0 Å². The zero-order chi connectivity index (χ0) is 16.6. The van der Waals surface area contributed by atoms with Crippen molar-refractivity contribution >= 4 is 17.7 Å². The van der Waals surface area contributed by atoms with E-state index in [-0.39, 0.29) is 0 Å². The number of unbranched alkanes of at least 4 members (excludes halogenated alkanes) is 1. The molecular formula is C20H25NO2S. The molecule has 0 N–H and O–H groups in total. The third kappa shape index (κ3) is 4.91. The number of aryl methyl sites for hydroxylation is 1. The second-order valence-electron chi connectivity index (χ2n) is 6.24. The second-order valence-corrected chi connectivity index (χ2v) is 7.55. The number of nitrogens with zero attached hydrogens (tertiary/aromatic N) is 1. The van der Waals surface area contributed by atoms with Crippen molar-refractivity contribution in [3.05, 3.63) is 60.1 Å². The highest BCUT2D eigenvalue weighted by molar-refractivity contribution is 7.99. The van der Waals surface area contributed by atoms with Crippen LogP contribution in [0, 0.1) is 0 Å².